The molecule has 1 aliphatic carbocycles. The summed E-state index contributed by atoms with van der Waals surface area (Å²) in [7, 11) is 0. The van der Waals surface area contributed by atoms with Gasteiger partial charge in [-0.25, -0.2) is 0 Å². The fourth-order valence-electron chi connectivity index (χ4n) is 5.18. The minimum atomic E-state index is -0.469. The van der Waals surface area contributed by atoms with Crippen molar-refractivity contribution in [3.63, 3.8) is 0 Å². The van der Waals surface area contributed by atoms with Crippen molar-refractivity contribution in [1.82, 2.24) is 15.2 Å². The Bertz CT molecular complexity index is 1230. The first-order valence-corrected chi connectivity index (χ1v) is 9.78. The lowest BCUT2D eigenvalue weighted by Gasteiger charge is -2.27. The quantitative estimate of drug-likeness (QED) is 0.390. The monoisotopic (exact) mass is 389 g/mol. The van der Waals surface area contributed by atoms with Gasteiger partial charge in [-0.3, -0.25) is 14.5 Å². The topological polar surface area (TPSA) is 106 Å². The number of carbonyl (C=O) groups is 2. The first-order chi connectivity index (χ1) is 14.0. The van der Waals surface area contributed by atoms with Crippen LogP contribution >= 0.6 is 0 Å². The van der Waals surface area contributed by atoms with Crippen LogP contribution in [0.25, 0.3) is 10.8 Å². The third-order valence-electron chi connectivity index (χ3n) is 6.57. The Balaban J connectivity index is 1.50. The molecule has 2 aliphatic heterocycles. The average Bonchev–Trinajstić information content (AvgIpc) is 3.45. The minimum absolute atomic E-state index is 0.107. The highest BCUT2D eigenvalue weighted by atomic mass is 16.3. The summed E-state index contributed by atoms with van der Waals surface area (Å²) in [4.78, 5) is 31.9. The Hall–Kier alpha value is -3.16. The van der Waals surface area contributed by atoms with Crippen LogP contribution in [0.2, 0.25) is 0 Å². The van der Waals surface area contributed by atoms with Gasteiger partial charge < -0.3 is 20.5 Å². The Morgan fingerprint density at radius 3 is 2.31 bits per heavy atom. The van der Waals surface area contributed by atoms with Gasteiger partial charge in [0.25, 0.3) is 0 Å². The highest BCUT2D eigenvalue weighted by Gasteiger charge is 2.41. The van der Waals surface area contributed by atoms with Crippen LogP contribution in [0.15, 0.2) is 30.5 Å². The zero-order valence-electron chi connectivity index (χ0n) is 15.5. The van der Waals surface area contributed by atoms with Crippen LogP contribution in [-0.2, 0) is 6.54 Å². The van der Waals surface area contributed by atoms with Crippen LogP contribution in [0, 0.1) is 0 Å². The van der Waals surface area contributed by atoms with Crippen molar-refractivity contribution in [3.8, 4) is 11.5 Å². The third-order valence-corrected chi connectivity index (χ3v) is 6.57. The number of aromatic hydroxyl groups is 2. The van der Waals surface area contributed by atoms with Crippen molar-refractivity contribution >= 4 is 22.3 Å². The predicted octanol–water partition coefficient (Wildman–Crippen LogP) is 1.90. The molecule has 4 N–H and O–H groups in total. The maximum Gasteiger partial charge on any atom is 0.214 e. The molecule has 2 fully saturated rings. The van der Waals surface area contributed by atoms with Crippen LogP contribution in [0.4, 0.5) is 0 Å². The number of likely N-dealkylation sites (tertiary alicyclic amines) is 1. The minimum Gasteiger partial charge on any atom is -0.506 e. The highest BCUT2D eigenvalue weighted by Crippen LogP contribution is 2.44. The second kappa shape index (κ2) is 5.68. The lowest BCUT2D eigenvalue weighted by molar-refractivity contribution is 0.0971. The van der Waals surface area contributed by atoms with E-state index in [1.807, 2.05) is 0 Å². The molecule has 146 valence electrons. The molecule has 2 aromatic carbocycles. The van der Waals surface area contributed by atoms with Gasteiger partial charge in [-0.2, -0.15) is 0 Å². The van der Waals surface area contributed by atoms with Gasteiger partial charge in [0.15, 0.2) is 5.78 Å². The molecule has 1 aromatic heterocycles. The molecule has 0 saturated carbocycles. The van der Waals surface area contributed by atoms with Gasteiger partial charge in [-0.1, -0.05) is 24.3 Å². The largest absolute Gasteiger partial charge is 0.506 e. The molecule has 0 spiro atoms. The zero-order valence-corrected chi connectivity index (χ0v) is 15.5. The Morgan fingerprint density at radius 2 is 1.69 bits per heavy atom. The maximum atomic E-state index is 13.4. The number of hydrogen-bond donors (Lipinski definition) is 4. The molecule has 2 saturated heterocycles. The maximum absolute atomic E-state index is 13.4. The number of nitrogens with one attached hydrogen (secondary N) is 2. The lowest BCUT2D eigenvalue weighted by atomic mass is 9.83. The Morgan fingerprint density at radius 1 is 1.00 bits per heavy atom. The van der Waals surface area contributed by atoms with Gasteiger partial charge in [-0.15, -0.1) is 0 Å². The summed E-state index contributed by atoms with van der Waals surface area (Å²) in [6.45, 7) is 2.43. The molecule has 0 amide bonds. The normalized spacial score (nSPS) is 23.0. The number of carbonyl (C=O) groups excluding carboxylic acids is 2. The van der Waals surface area contributed by atoms with Crippen LogP contribution in [-0.4, -0.2) is 56.8 Å². The van der Waals surface area contributed by atoms with Gasteiger partial charge in [-0.05, 0) is 12.0 Å². The van der Waals surface area contributed by atoms with Gasteiger partial charge in [0, 0.05) is 48.7 Å². The summed E-state index contributed by atoms with van der Waals surface area (Å²) in [5, 5.41) is 25.7. The number of H-pyrrole nitrogens is 1. The number of hydrogen-bond acceptors (Lipinski definition) is 6. The number of aromatic amines is 1. The average molecular weight is 389 g/mol. The fraction of sp³-hybridized carbons (Fsp3) is 0.273. The standard InChI is InChI=1S/C22H19N3O4/c26-19-13-3-1-2-4-14(13)20(27)17-16(19)21(28)15-10(6-24-18(15)22(17)29)8-25-9-11-5-12(25)7-23-11/h1-4,6,11-12,23-24,26-27H,5,7-9H2/t11-,12-/m0/s1. The summed E-state index contributed by atoms with van der Waals surface area (Å²) < 4.78 is 0. The summed E-state index contributed by atoms with van der Waals surface area (Å²) in [6.07, 6.45) is 2.81. The van der Waals surface area contributed by atoms with Gasteiger partial charge in [0.1, 0.15) is 11.5 Å². The molecular formula is C22H19N3O4. The number of nitrogens with zero attached hydrogens (tertiary/aromatic N) is 1. The van der Waals surface area contributed by atoms with Crippen molar-refractivity contribution < 1.29 is 19.8 Å². The molecular weight excluding hydrogens is 370 g/mol. The predicted molar refractivity (Wildman–Crippen MR) is 106 cm³/mol. The zero-order chi connectivity index (χ0) is 19.9. The van der Waals surface area contributed by atoms with Crippen LogP contribution in [0.3, 0.4) is 0 Å². The van der Waals surface area contributed by atoms with Gasteiger partial charge in [0.2, 0.25) is 5.78 Å². The first-order valence-electron chi connectivity index (χ1n) is 9.78. The Kier molecular flexibility index (Phi) is 3.29. The van der Waals surface area contributed by atoms with Crippen molar-refractivity contribution in [2.24, 2.45) is 0 Å². The SMILES string of the molecule is O=C1c2[nH]cc(CN3C[C@@H]4C[C@H]3CN4)c2C(=O)c2c1c(O)c1ccccc1c2O. The van der Waals surface area contributed by atoms with E-state index in [0.717, 1.165) is 25.1 Å². The van der Waals surface area contributed by atoms with E-state index in [-0.39, 0.29) is 28.3 Å². The summed E-state index contributed by atoms with van der Waals surface area (Å²) >= 11 is 0. The number of aromatic nitrogens is 1. The molecule has 3 heterocycles. The highest BCUT2D eigenvalue weighted by molar-refractivity contribution is 6.32. The Labute approximate surface area is 166 Å². The molecule has 0 radical (unpaired) electrons. The molecule has 2 bridgehead atoms. The molecule has 3 aliphatic rings. The number of fused-ring (bicyclic) bond motifs is 5. The van der Waals surface area contributed by atoms with Gasteiger partial charge in [0.05, 0.1) is 22.4 Å². The molecule has 0 unspecified atom stereocenters. The smallest absolute Gasteiger partial charge is 0.214 e. The molecule has 3 aromatic rings. The van der Waals surface area contributed by atoms with E-state index in [4.69, 9.17) is 0 Å². The number of rotatable bonds is 2. The molecule has 7 heteroatoms. The van der Waals surface area contributed by atoms with Crippen LogP contribution in [0.1, 0.15) is 44.0 Å². The first kappa shape index (κ1) is 16.8. The van der Waals surface area contributed by atoms with Crippen LogP contribution < -0.4 is 5.32 Å². The number of phenols is 2. The van der Waals surface area contributed by atoms with E-state index in [1.165, 1.54) is 0 Å². The number of phenolic OH excluding ortho intramolecular Hbond substituents is 2. The number of piperazine rings is 1. The van der Waals surface area contributed by atoms with Gasteiger partial charge >= 0.3 is 0 Å². The van der Waals surface area contributed by atoms with E-state index in [2.05, 4.69) is 15.2 Å². The van der Waals surface area contributed by atoms with E-state index in [1.54, 1.807) is 30.5 Å². The summed E-state index contributed by atoms with van der Waals surface area (Å²) in [5.74, 6) is -1.42. The second-order valence-corrected chi connectivity index (χ2v) is 8.14. The summed E-state index contributed by atoms with van der Waals surface area (Å²) in [6, 6.07) is 7.60. The van der Waals surface area contributed by atoms with E-state index in [9.17, 15) is 19.8 Å². The van der Waals surface area contributed by atoms with Crippen LogP contribution in [0.5, 0.6) is 11.5 Å². The molecule has 2 atom stereocenters. The molecule has 29 heavy (non-hydrogen) atoms. The van der Waals surface area contributed by atoms with E-state index < -0.39 is 11.6 Å². The molecule has 7 nitrogen and oxygen atoms in total. The fourth-order valence-corrected chi connectivity index (χ4v) is 5.18. The van der Waals surface area contributed by atoms with Crippen molar-refractivity contribution in [2.75, 3.05) is 13.1 Å². The lowest BCUT2D eigenvalue weighted by Crippen LogP contribution is -2.43. The molecule has 6 rings (SSSR count). The number of ketones is 2. The van der Waals surface area contributed by atoms with E-state index in [0.29, 0.717) is 35.0 Å². The van der Waals surface area contributed by atoms with Crippen molar-refractivity contribution in [1.29, 1.82) is 0 Å². The number of benzene rings is 2. The third kappa shape index (κ3) is 2.14. The van der Waals surface area contributed by atoms with Crippen molar-refractivity contribution in [2.45, 2.75) is 25.0 Å². The summed E-state index contributed by atoms with van der Waals surface area (Å²) in [5.41, 5.74) is 1.01. The van der Waals surface area contributed by atoms with E-state index >= 15 is 0 Å². The van der Waals surface area contributed by atoms with Crippen molar-refractivity contribution in [3.05, 3.63) is 58.4 Å². The second-order valence-electron chi connectivity index (χ2n) is 8.14.